The van der Waals surface area contributed by atoms with E-state index in [1.807, 2.05) is 24.1 Å². The van der Waals surface area contributed by atoms with Gasteiger partial charge in [0.15, 0.2) is 0 Å². The molecule has 2 aromatic rings. The van der Waals surface area contributed by atoms with Crippen molar-refractivity contribution < 1.29 is 9.32 Å². The molecule has 0 radical (unpaired) electrons. The van der Waals surface area contributed by atoms with Gasteiger partial charge in [-0.25, -0.2) is 0 Å². The smallest absolute Gasteiger partial charge is 0.259 e. The second-order valence-corrected chi connectivity index (χ2v) is 6.47. The Hall–Kier alpha value is -2.21. The zero-order valence-electron chi connectivity index (χ0n) is 13.2. The second kappa shape index (κ2) is 5.77. The maximum absolute atomic E-state index is 12.6. The van der Waals surface area contributed by atoms with Gasteiger partial charge >= 0.3 is 0 Å². The van der Waals surface area contributed by atoms with Crippen LogP contribution in [-0.4, -0.2) is 51.5 Å². The van der Waals surface area contributed by atoms with Gasteiger partial charge in [-0.2, -0.15) is 0 Å². The number of carbonyl (C=O) groups is 1. The highest BCUT2D eigenvalue weighted by atomic mass is 16.5. The number of rotatable bonds is 3. The number of hydrogen-bond donors (Lipinski definition) is 0. The van der Waals surface area contributed by atoms with Crippen molar-refractivity contribution in [2.24, 2.45) is 5.92 Å². The molecule has 6 heteroatoms. The molecular weight excluding hydrogens is 292 g/mol. The third kappa shape index (κ3) is 2.63. The molecule has 2 aliphatic heterocycles. The molecule has 2 aromatic heterocycles. The molecule has 0 aromatic carbocycles. The van der Waals surface area contributed by atoms with Crippen molar-refractivity contribution in [3.8, 4) is 0 Å². The highest BCUT2D eigenvalue weighted by Crippen LogP contribution is 2.34. The molecule has 4 rings (SSSR count). The summed E-state index contributed by atoms with van der Waals surface area (Å²) in [6, 6.07) is 4.53. The Bertz CT molecular complexity index is 700. The average Bonchev–Trinajstić information content (AvgIpc) is 2.99. The van der Waals surface area contributed by atoms with Gasteiger partial charge in [-0.3, -0.25) is 14.7 Å². The number of nitrogens with zero attached hydrogens (tertiary/aromatic N) is 4. The van der Waals surface area contributed by atoms with E-state index in [1.165, 1.54) is 11.8 Å². The molecule has 4 heterocycles. The van der Waals surface area contributed by atoms with E-state index in [4.69, 9.17) is 4.52 Å². The van der Waals surface area contributed by atoms with Crippen LogP contribution in [-0.2, 0) is 6.54 Å². The van der Waals surface area contributed by atoms with Gasteiger partial charge in [0.25, 0.3) is 5.91 Å². The molecule has 0 N–H and O–H groups in total. The van der Waals surface area contributed by atoms with Gasteiger partial charge in [-0.15, -0.1) is 0 Å². The van der Waals surface area contributed by atoms with Crippen LogP contribution in [0, 0.1) is 12.8 Å². The lowest BCUT2D eigenvalue weighted by Crippen LogP contribution is -2.64. The maximum atomic E-state index is 12.6. The van der Waals surface area contributed by atoms with E-state index in [1.54, 1.807) is 6.20 Å². The molecule has 2 saturated heterocycles. The van der Waals surface area contributed by atoms with Crippen molar-refractivity contribution in [1.82, 2.24) is 19.9 Å². The van der Waals surface area contributed by atoms with E-state index in [2.05, 4.69) is 21.1 Å². The standard InChI is InChI=1S/C17H20N4O2/c1-12-15(11-23-19-12)17(22)20-6-4-14-9-21(16(14)10-20)8-13-3-2-5-18-7-13/h2-3,5,7,11,14,16H,4,6,8-10H2,1H3/t14-,16-/m1/s1. The number of piperidine rings is 1. The zero-order valence-corrected chi connectivity index (χ0v) is 13.2. The predicted molar refractivity (Wildman–Crippen MR) is 83.7 cm³/mol. The highest BCUT2D eigenvalue weighted by molar-refractivity contribution is 5.94. The first-order valence-electron chi connectivity index (χ1n) is 8.05. The average molecular weight is 312 g/mol. The number of pyridine rings is 1. The Morgan fingerprint density at radius 2 is 2.35 bits per heavy atom. The molecule has 23 heavy (non-hydrogen) atoms. The summed E-state index contributed by atoms with van der Waals surface area (Å²) in [4.78, 5) is 21.2. The fourth-order valence-corrected chi connectivity index (χ4v) is 3.67. The van der Waals surface area contributed by atoms with Crippen LogP contribution < -0.4 is 0 Å². The van der Waals surface area contributed by atoms with Crippen LogP contribution in [0.3, 0.4) is 0 Å². The van der Waals surface area contributed by atoms with Crippen molar-refractivity contribution in [2.45, 2.75) is 25.9 Å². The number of amides is 1. The van der Waals surface area contributed by atoms with E-state index < -0.39 is 0 Å². The van der Waals surface area contributed by atoms with Crippen molar-refractivity contribution in [2.75, 3.05) is 19.6 Å². The summed E-state index contributed by atoms with van der Waals surface area (Å²) in [5, 5.41) is 3.81. The van der Waals surface area contributed by atoms with Crippen LogP contribution in [0.5, 0.6) is 0 Å². The van der Waals surface area contributed by atoms with E-state index in [0.717, 1.165) is 32.6 Å². The molecule has 6 nitrogen and oxygen atoms in total. The van der Waals surface area contributed by atoms with Crippen LogP contribution >= 0.6 is 0 Å². The van der Waals surface area contributed by atoms with E-state index in [-0.39, 0.29) is 5.91 Å². The molecule has 1 amide bonds. The summed E-state index contributed by atoms with van der Waals surface area (Å²) in [5.41, 5.74) is 2.48. The Balaban J connectivity index is 1.42. The molecular formula is C17H20N4O2. The monoisotopic (exact) mass is 312 g/mol. The SMILES string of the molecule is Cc1nocc1C(=O)N1CC[C@@H]2CN(Cc3cccnc3)[C@@H]2C1. The number of aryl methyl sites for hydroxylation is 1. The summed E-state index contributed by atoms with van der Waals surface area (Å²) in [6.07, 6.45) is 6.24. The summed E-state index contributed by atoms with van der Waals surface area (Å²) >= 11 is 0. The summed E-state index contributed by atoms with van der Waals surface area (Å²) in [6.45, 7) is 5.44. The molecule has 2 fully saturated rings. The summed E-state index contributed by atoms with van der Waals surface area (Å²) in [5.74, 6) is 0.745. The van der Waals surface area contributed by atoms with Gasteiger partial charge in [0, 0.05) is 44.6 Å². The van der Waals surface area contributed by atoms with Crippen LogP contribution in [0.15, 0.2) is 35.3 Å². The van der Waals surface area contributed by atoms with E-state index in [0.29, 0.717) is 23.2 Å². The van der Waals surface area contributed by atoms with Crippen LogP contribution in [0.25, 0.3) is 0 Å². The van der Waals surface area contributed by atoms with Crippen molar-refractivity contribution in [3.63, 3.8) is 0 Å². The van der Waals surface area contributed by atoms with Gasteiger partial charge in [-0.05, 0) is 30.9 Å². The Morgan fingerprint density at radius 3 is 3.09 bits per heavy atom. The minimum absolute atomic E-state index is 0.0374. The first-order chi connectivity index (χ1) is 11.2. The number of fused-ring (bicyclic) bond motifs is 1. The Kier molecular flexibility index (Phi) is 3.61. The highest BCUT2D eigenvalue weighted by Gasteiger charge is 2.43. The first kappa shape index (κ1) is 14.4. The molecule has 0 saturated carbocycles. The van der Waals surface area contributed by atoms with Gasteiger partial charge in [-0.1, -0.05) is 11.2 Å². The second-order valence-electron chi connectivity index (χ2n) is 6.47. The molecule has 0 bridgehead atoms. The van der Waals surface area contributed by atoms with E-state index in [9.17, 15) is 4.79 Å². The van der Waals surface area contributed by atoms with Gasteiger partial charge in [0.1, 0.15) is 11.8 Å². The lowest BCUT2D eigenvalue weighted by atomic mass is 9.82. The molecule has 2 aliphatic rings. The third-order valence-corrected chi connectivity index (χ3v) is 5.04. The Labute approximate surface area is 135 Å². The number of aromatic nitrogens is 2. The minimum Gasteiger partial charge on any atom is -0.364 e. The van der Waals surface area contributed by atoms with Crippen LogP contribution in [0.4, 0.5) is 0 Å². The van der Waals surface area contributed by atoms with Gasteiger partial charge < -0.3 is 9.42 Å². The largest absolute Gasteiger partial charge is 0.364 e. The quantitative estimate of drug-likeness (QED) is 0.863. The lowest BCUT2D eigenvalue weighted by Gasteiger charge is -2.53. The zero-order chi connectivity index (χ0) is 15.8. The fourth-order valence-electron chi connectivity index (χ4n) is 3.67. The van der Waals surface area contributed by atoms with Crippen LogP contribution in [0.2, 0.25) is 0 Å². The number of likely N-dealkylation sites (tertiary alicyclic amines) is 2. The van der Waals surface area contributed by atoms with Gasteiger partial charge in [0.05, 0.1) is 5.69 Å². The van der Waals surface area contributed by atoms with Crippen molar-refractivity contribution in [1.29, 1.82) is 0 Å². The summed E-state index contributed by atoms with van der Waals surface area (Å²) < 4.78 is 4.90. The fraction of sp³-hybridized carbons (Fsp3) is 0.471. The maximum Gasteiger partial charge on any atom is 0.259 e. The predicted octanol–water partition coefficient (Wildman–Crippen LogP) is 1.72. The van der Waals surface area contributed by atoms with E-state index >= 15 is 0 Å². The van der Waals surface area contributed by atoms with Crippen molar-refractivity contribution in [3.05, 3.63) is 47.6 Å². The number of hydrogen-bond acceptors (Lipinski definition) is 5. The molecule has 120 valence electrons. The number of carbonyl (C=O) groups excluding carboxylic acids is 1. The molecule has 0 spiro atoms. The molecule has 2 atom stereocenters. The van der Waals surface area contributed by atoms with Crippen molar-refractivity contribution >= 4 is 5.91 Å². The summed E-state index contributed by atoms with van der Waals surface area (Å²) in [7, 11) is 0. The molecule has 0 unspecified atom stereocenters. The Morgan fingerprint density at radius 1 is 1.43 bits per heavy atom. The minimum atomic E-state index is 0.0374. The topological polar surface area (TPSA) is 62.5 Å². The lowest BCUT2D eigenvalue weighted by molar-refractivity contribution is -0.0428. The van der Waals surface area contributed by atoms with Gasteiger partial charge in [0.2, 0.25) is 0 Å². The molecule has 0 aliphatic carbocycles. The normalized spacial score (nSPS) is 24.1. The third-order valence-electron chi connectivity index (χ3n) is 5.04. The first-order valence-corrected chi connectivity index (χ1v) is 8.05. The van der Waals surface area contributed by atoms with Crippen LogP contribution in [0.1, 0.15) is 28.0 Å².